The van der Waals surface area contributed by atoms with Gasteiger partial charge in [0, 0.05) is 12.1 Å². The molecule has 6 heteroatoms. The highest BCUT2D eigenvalue weighted by Crippen LogP contribution is 2.16. The normalized spacial score (nSPS) is 18.5. The van der Waals surface area contributed by atoms with E-state index in [1.54, 1.807) is 0 Å². The minimum Gasteiger partial charge on any atom is -0.390 e. The van der Waals surface area contributed by atoms with Crippen molar-refractivity contribution in [1.82, 2.24) is 25.1 Å². The average molecular weight is 301 g/mol. The van der Waals surface area contributed by atoms with Crippen molar-refractivity contribution >= 4 is 0 Å². The van der Waals surface area contributed by atoms with Gasteiger partial charge in [-0.05, 0) is 37.1 Å². The van der Waals surface area contributed by atoms with Gasteiger partial charge in [-0.1, -0.05) is 37.3 Å². The molecule has 118 valence electrons. The Morgan fingerprint density at radius 2 is 1.91 bits per heavy atom. The SMILES string of the molecule is CC1CCN(C[C@H](O)Cn2nnc(-c3ccccc3)n2)CC1. The lowest BCUT2D eigenvalue weighted by Crippen LogP contribution is -2.40. The number of aliphatic hydroxyl groups is 1. The van der Waals surface area contributed by atoms with Gasteiger partial charge in [0.1, 0.15) is 0 Å². The van der Waals surface area contributed by atoms with E-state index in [1.165, 1.54) is 17.6 Å². The Bertz CT molecular complexity index is 577. The van der Waals surface area contributed by atoms with Crippen molar-refractivity contribution in [3.8, 4) is 11.4 Å². The number of tetrazole rings is 1. The summed E-state index contributed by atoms with van der Waals surface area (Å²) in [5.41, 5.74) is 0.938. The number of hydrogen-bond acceptors (Lipinski definition) is 5. The van der Waals surface area contributed by atoms with Gasteiger partial charge in [0.25, 0.3) is 0 Å². The second-order valence-corrected chi connectivity index (χ2v) is 6.17. The molecule has 1 aromatic heterocycles. The molecule has 1 aromatic carbocycles. The van der Waals surface area contributed by atoms with Crippen LogP contribution in [0.3, 0.4) is 0 Å². The molecule has 1 aliphatic heterocycles. The van der Waals surface area contributed by atoms with Gasteiger partial charge in [0.05, 0.1) is 12.6 Å². The average Bonchev–Trinajstić information content (AvgIpc) is 2.99. The van der Waals surface area contributed by atoms with Crippen molar-refractivity contribution in [3.05, 3.63) is 30.3 Å². The van der Waals surface area contributed by atoms with Crippen LogP contribution in [0.15, 0.2) is 30.3 Å². The van der Waals surface area contributed by atoms with Gasteiger partial charge in [-0.15, -0.1) is 10.2 Å². The minimum atomic E-state index is -0.466. The molecule has 3 rings (SSSR count). The van der Waals surface area contributed by atoms with Crippen molar-refractivity contribution < 1.29 is 5.11 Å². The summed E-state index contributed by atoms with van der Waals surface area (Å²) in [4.78, 5) is 3.80. The maximum atomic E-state index is 10.2. The summed E-state index contributed by atoms with van der Waals surface area (Å²) in [5.74, 6) is 1.40. The smallest absolute Gasteiger partial charge is 0.204 e. The van der Waals surface area contributed by atoms with E-state index in [1.807, 2.05) is 30.3 Å². The maximum absolute atomic E-state index is 10.2. The number of hydrogen-bond donors (Lipinski definition) is 1. The van der Waals surface area contributed by atoms with E-state index in [-0.39, 0.29) is 0 Å². The van der Waals surface area contributed by atoms with Gasteiger partial charge in [-0.2, -0.15) is 4.80 Å². The highest BCUT2D eigenvalue weighted by atomic mass is 16.3. The summed E-state index contributed by atoms with van der Waals surface area (Å²) in [6.07, 6.45) is 1.96. The van der Waals surface area contributed by atoms with Crippen LogP contribution in [0.4, 0.5) is 0 Å². The first-order chi connectivity index (χ1) is 10.7. The quantitative estimate of drug-likeness (QED) is 0.905. The number of aromatic nitrogens is 4. The second-order valence-electron chi connectivity index (χ2n) is 6.17. The molecule has 0 saturated carbocycles. The Morgan fingerprint density at radius 3 is 2.64 bits per heavy atom. The van der Waals surface area contributed by atoms with Gasteiger partial charge in [0.2, 0.25) is 5.82 Å². The lowest BCUT2D eigenvalue weighted by molar-refractivity contribution is 0.0743. The molecule has 1 atom stereocenters. The van der Waals surface area contributed by atoms with E-state index in [0.717, 1.165) is 24.6 Å². The first-order valence-electron chi connectivity index (χ1n) is 7.94. The fourth-order valence-corrected chi connectivity index (χ4v) is 2.81. The molecular formula is C16H23N5O. The van der Waals surface area contributed by atoms with Crippen molar-refractivity contribution in [2.45, 2.75) is 32.4 Å². The highest BCUT2D eigenvalue weighted by molar-refractivity contribution is 5.52. The van der Waals surface area contributed by atoms with Crippen LogP contribution in [-0.2, 0) is 6.54 Å². The van der Waals surface area contributed by atoms with E-state index in [4.69, 9.17) is 0 Å². The van der Waals surface area contributed by atoms with Crippen LogP contribution in [0.1, 0.15) is 19.8 Å². The molecule has 2 aromatic rings. The third-order valence-corrected chi connectivity index (χ3v) is 4.20. The Morgan fingerprint density at radius 1 is 1.18 bits per heavy atom. The number of β-amino-alcohol motifs (C(OH)–C–C–N with tert-alkyl or cyclic N) is 1. The molecule has 0 aliphatic carbocycles. The van der Waals surface area contributed by atoms with Crippen molar-refractivity contribution in [2.24, 2.45) is 5.92 Å². The predicted octanol–water partition coefficient (Wildman–Crippen LogP) is 1.43. The third kappa shape index (κ3) is 3.90. The van der Waals surface area contributed by atoms with Gasteiger partial charge in [-0.25, -0.2) is 0 Å². The molecule has 0 bridgehead atoms. The molecule has 1 saturated heterocycles. The highest BCUT2D eigenvalue weighted by Gasteiger charge is 2.19. The molecule has 0 radical (unpaired) electrons. The molecule has 0 amide bonds. The van der Waals surface area contributed by atoms with Crippen LogP contribution in [0.25, 0.3) is 11.4 Å². The fraction of sp³-hybridized carbons (Fsp3) is 0.562. The summed E-state index contributed by atoms with van der Waals surface area (Å²) < 4.78 is 0. The lowest BCUT2D eigenvalue weighted by atomic mass is 9.99. The van der Waals surface area contributed by atoms with Gasteiger partial charge in [-0.3, -0.25) is 0 Å². The van der Waals surface area contributed by atoms with Crippen LogP contribution in [0.5, 0.6) is 0 Å². The van der Waals surface area contributed by atoms with Gasteiger partial charge >= 0.3 is 0 Å². The zero-order chi connectivity index (χ0) is 15.4. The third-order valence-electron chi connectivity index (χ3n) is 4.20. The Kier molecular flexibility index (Phi) is 4.80. The van der Waals surface area contributed by atoms with E-state index < -0.39 is 6.10 Å². The number of benzene rings is 1. The Hall–Kier alpha value is -1.79. The lowest BCUT2D eigenvalue weighted by Gasteiger charge is -2.31. The van der Waals surface area contributed by atoms with Gasteiger partial charge in [0.15, 0.2) is 0 Å². The second kappa shape index (κ2) is 6.98. The number of likely N-dealkylation sites (tertiary alicyclic amines) is 1. The van der Waals surface area contributed by atoms with Crippen LogP contribution in [0, 0.1) is 5.92 Å². The van der Waals surface area contributed by atoms with Crippen LogP contribution in [-0.4, -0.2) is 56.0 Å². The van der Waals surface area contributed by atoms with E-state index >= 15 is 0 Å². The molecular weight excluding hydrogens is 278 g/mol. The molecule has 1 fully saturated rings. The Labute approximate surface area is 130 Å². The molecule has 22 heavy (non-hydrogen) atoms. The minimum absolute atomic E-state index is 0.381. The standard InChI is InChI=1S/C16H23N5O/c1-13-7-9-20(10-8-13)11-15(22)12-21-18-16(17-19-21)14-5-3-2-4-6-14/h2-6,13,15,22H,7-12H2,1H3/t15-/m0/s1. The number of rotatable bonds is 5. The zero-order valence-corrected chi connectivity index (χ0v) is 13.0. The van der Waals surface area contributed by atoms with Crippen molar-refractivity contribution in [3.63, 3.8) is 0 Å². The van der Waals surface area contributed by atoms with Crippen molar-refractivity contribution in [2.75, 3.05) is 19.6 Å². The van der Waals surface area contributed by atoms with Crippen LogP contribution >= 0.6 is 0 Å². The Balaban J connectivity index is 1.54. The zero-order valence-electron chi connectivity index (χ0n) is 13.0. The summed E-state index contributed by atoms with van der Waals surface area (Å²) in [7, 11) is 0. The summed E-state index contributed by atoms with van der Waals surface area (Å²) in [5, 5.41) is 22.7. The molecule has 0 spiro atoms. The van der Waals surface area contributed by atoms with E-state index in [2.05, 4.69) is 27.2 Å². The van der Waals surface area contributed by atoms with E-state index in [0.29, 0.717) is 18.9 Å². The molecule has 0 unspecified atom stereocenters. The number of aliphatic hydroxyl groups excluding tert-OH is 1. The van der Waals surface area contributed by atoms with E-state index in [9.17, 15) is 5.11 Å². The summed E-state index contributed by atoms with van der Waals surface area (Å²) >= 11 is 0. The molecule has 1 N–H and O–H groups in total. The summed E-state index contributed by atoms with van der Waals surface area (Å²) in [6, 6.07) is 9.75. The van der Waals surface area contributed by atoms with Gasteiger partial charge < -0.3 is 10.0 Å². The molecule has 1 aliphatic rings. The maximum Gasteiger partial charge on any atom is 0.204 e. The summed E-state index contributed by atoms with van der Waals surface area (Å²) in [6.45, 7) is 5.48. The predicted molar refractivity (Wildman–Crippen MR) is 84.1 cm³/mol. The molecule has 2 heterocycles. The first-order valence-corrected chi connectivity index (χ1v) is 7.94. The van der Waals surface area contributed by atoms with Crippen molar-refractivity contribution in [1.29, 1.82) is 0 Å². The molecule has 6 nitrogen and oxygen atoms in total. The monoisotopic (exact) mass is 301 g/mol. The fourth-order valence-electron chi connectivity index (χ4n) is 2.81. The topological polar surface area (TPSA) is 67.1 Å². The van der Waals surface area contributed by atoms with Crippen LogP contribution < -0.4 is 0 Å². The first kappa shape index (κ1) is 15.1. The largest absolute Gasteiger partial charge is 0.390 e. The number of nitrogens with zero attached hydrogens (tertiary/aromatic N) is 5. The van der Waals surface area contributed by atoms with Crippen LogP contribution in [0.2, 0.25) is 0 Å². The number of piperidine rings is 1.